The molecule has 0 spiro atoms. The van der Waals surface area contributed by atoms with E-state index in [1.54, 1.807) is 0 Å². The van der Waals surface area contributed by atoms with Crippen molar-refractivity contribution in [3.05, 3.63) is 20.2 Å². The summed E-state index contributed by atoms with van der Waals surface area (Å²) in [7, 11) is 2.28. The Balaban J connectivity index is 2.45. The van der Waals surface area contributed by atoms with Crippen molar-refractivity contribution in [2.45, 2.75) is 64.2 Å². The first-order valence-electron chi connectivity index (χ1n) is 6.85. The van der Waals surface area contributed by atoms with Crippen LogP contribution in [0.25, 0.3) is 0 Å². The molecule has 1 aliphatic carbocycles. The average molecular weight is 251 g/mol. The molecule has 0 aliphatic heterocycles. The van der Waals surface area contributed by atoms with Crippen LogP contribution in [0.5, 0.6) is 0 Å². The standard InChI is InChI=1S/C13H22BNOS/c1-9(2)15-11-8-6-4-3-5-7-10(14)12(11)17-13(15)16/h9-10H,3-8,14H2,1-2H3. The van der Waals surface area contributed by atoms with Gasteiger partial charge < -0.3 is 4.57 Å². The topological polar surface area (TPSA) is 22.0 Å². The zero-order valence-electron chi connectivity index (χ0n) is 11.2. The smallest absolute Gasteiger partial charge is 0.300 e. The van der Waals surface area contributed by atoms with E-state index in [0.717, 1.165) is 6.42 Å². The quantitative estimate of drug-likeness (QED) is 0.703. The van der Waals surface area contributed by atoms with Gasteiger partial charge in [0.2, 0.25) is 0 Å². The second kappa shape index (κ2) is 5.43. The van der Waals surface area contributed by atoms with Gasteiger partial charge in [-0.05, 0) is 32.5 Å². The second-order valence-corrected chi connectivity index (χ2v) is 6.49. The third kappa shape index (κ3) is 2.67. The average Bonchev–Trinajstić information content (AvgIpc) is 2.61. The van der Waals surface area contributed by atoms with Gasteiger partial charge in [0.15, 0.2) is 0 Å². The van der Waals surface area contributed by atoms with Crippen molar-refractivity contribution in [1.82, 2.24) is 4.57 Å². The Bertz CT molecular complexity index is 435. The monoisotopic (exact) mass is 251 g/mol. The van der Waals surface area contributed by atoms with Crippen molar-refractivity contribution >= 4 is 19.2 Å². The van der Waals surface area contributed by atoms with E-state index in [1.807, 2.05) is 4.57 Å². The summed E-state index contributed by atoms with van der Waals surface area (Å²) in [5.74, 6) is 0.570. The van der Waals surface area contributed by atoms with Crippen LogP contribution in [0.2, 0.25) is 0 Å². The SMILES string of the molecule is BC1CCCCCCc2c1sc(=O)n2C(C)C. The molecule has 0 N–H and O–H groups in total. The zero-order chi connectivity index (χ0) is 12.4. The molecule has 4 heteroatoms. The van der Waals surface area contributed by atoms with E-state index in [2.05, 4.69) is 21.7 Å². The fourth-order valence-electron chi connectivity index (χ4n) is 2.81. The van der Waals surface area contributed by atoms with Crippen molar-refractivity contribution in [2.75, 3.05) is 0 Å². The van der Waals surface area contributed by atoms with Crippen LogP contribution < -0.4 is 4.87 Å². The van der Waals surface area contributed by atoms with Crippen LogP contribution >= 0.6 is 11.3 Å². The Hall–Kier alpha value is -0.505. The molecular weight excluding hydrogens is 229 g/mol. The van der Waals surface area contributed by atoms with Gasteiger partial charge in [0.1, 0.15) is 7.85 Å². The molecule has 0 saturated heterocycles. The molecule has 0 amide bonds. The predicted octanol–water partition coefficient (Wildman–Crippen LogP) is 2.67. The number of nitrogens with zero attached hydrogens (tertiary/aromatic N) is 1. The van der Waals surface area contributed by atoms with E-state index in [9.17, 15) is 4.79 Å². The molecule has 17 heavy (non-hydrogen) atoms. The molecule has 1 heterocycles. The Morgan fingerprint density at radius 1 is 1.29 bits per heavy atom. The van der Waals surface area contributed by atoms with Crippen molar-refractivity contribution < 1.29 is 0 Å². The Morgan fingerprint density at radius 3 is 2.71 bits per heavy atom. The van der Waals surface area contributed by atoms with E-state index in [0.29, 0.717) is 11.9 Å². The summed E-state index contributed by atoms with van der Waals surface area (Å²) in [4.78, 5) is 13.7. The molecule has 2 rings (SSSR count). The summed E-state index contributed by atoms with van der Waals surface area (Å²) in [6.07, 6.45) is 7.55. The predicted molar refractivity (Wildman–Crippen MR) is 77.0 cm³/mol. The van der Waals surface area contributed by atoms with Gasteiger partial charge in [-0.15, -0.1) is 0 Å². The highest BCUT2D eigenvalue weighted by Gasteiger charge is 2.21. The van der Waals surface area contributed by atoms with Crippen LogP contribution in [0.3, 0.4) is 0 Å². The lowest BCUT2D eigenvalue weighted by molar-refractivity contribution is 0.550. The maximum absolute atomic E-state index is 12.1. The molecule has 0 bridgehead atoms. The molecule has 0 saturated carbocycles. The van der Waals surface area contributed by atoms with Crippen molar-refractivity contribution in [1.29, 1.82) is 0 Å². The van der Waals surface area contributed by atoms with Gasteiger partial charge in [0.25, 0.3) is 0 Å². The highest BCUT2D eigenvalue weighted by atomic mass is 32.1. The minimum Gasteiger partial charge on any atom is -0.300 e. The Labute approximate surface area is 108 Å². The van der Waals surface area contributed by atoms with Crippen LogP contribution in [0.15, 0.2) is 4.79 Å². The maximum Gasteiger partial charge on any atom is 0.307 e. The highest BCUT2D eigenvalue weighted by Crippen LogP contribution is 2.30. The van der Waals surface area contributed by atoms with Gasteiger partial charge in [-0.25, -0.2) is 0 Å². The molecule has 0 aromatic carbocycles. The summed E-state index contributed by atoms with van der Waals surface area (Å²) in [6, 6.07) is 0.301. The third-order valence-corrected chi connectivity index (χ3v) is 4.96. The van der Waals surface area contributed by atoms with Gasteiger partial charge in [-0.1, -0.05) is 37.0 Å². The first-order chi connectivity index (χ1) is 8.11. The Kier molecular flexibility index (Phi) is 4.13. The van der Waals surface area contributed by atoms with Gasteiger partial charge in [-0.2, -0.15) is 0 Å². The van der Waals surface area contributed by atoms with Crippen LogP contribution in [0.4, 0.5) is 0 Å². The van der Waals surface area contributed by atoms with Crippen molar-refractivity contribution in [2.24, 2.45) is 0 Å². The largest absolute Gasteiger partial charge is 0.307 e. The fraction of sp³-hybridized carbons (Fsp3) is 0.769. The van der Waals surface area contributed by atoms with Gasteiger partial charge in [-0.3, -0.25) is 4.79 Å². The molecule has 2 nitrogen and oxygen atoms in total. The molecule has 0 radical (unpaired) electrons. The Morgan fingerprint density at radius 2 is 2.00 bits per heavy atom. The van der Waals surface area contributed by atoms with E-state index >= 15 is 0 Å². The molecule has 1 atom stereocenters. The minimum atomic E-state index is 0.248. The van der Waals surface area contributed by atoms with Crippen molar-refractivity contribution in [3.63, 3.8) is 0 Å². The fourth-order valence-corrected chi connectivity index (χ4v) is 4.05. The summed E-state index contributed by atoms with van der Waals surface area (Å²) < 4.78 is 2.03. The molecule has 1 aromatic heterocycles. The van der Waals surface area contributed by atoms with Crippen molar-refractivity contribution in [3.8, 4) is 0 Å². The van der Waals surface area contributed by atoms with Crippen LogP contribution in [-0.4, -0.2) is 12.4 Å². The van der Waals surface area contributed by atoms with Gasteiger partial charge in [0, 0.05) is 16.6 Å². The molecule has 1 unspecified atom stereocenters. The van der Waals surface area contributed by atoms with E-state index in [1.165, 1.54) is 54.0 Å². The third-order valence-electron chi connectivity index (χ3n) is 3.73. The van der Waals surface area contributed by atoms with E-state index in [4.69, 9.17) is 0 Å². The lowest BCUT2D eigenvalue weighted by atomic mass is 9.81. The summed E-state index contributed by atoms with van der Waals surface area (Å²) in [5.41, 5.74) is 1.34. The maximum atomic E-state index is 12.1. The molecule has 1 aromatic rings. The lowest BCUT2D eigenvalue weighted by Gasteiger charge is -2.14. The van der Waals surface area contributed by atoms with E-state index < -0.39 is 0 Å². The number of fused-ring (bicyclic) bond motifs is 1. The van der Waals surface area contributed by atoms with E-state index in [-0.39, 0.29) is 4.87 Å². The van der Waals surface area contributed by atoms with Crippen LogP contribution in [0, 0.1) is 0 Å². The lowest BCUT2D eigenvalue weighted by Crippen LogP contribution is -2.18. The zero-order valence-corrected chi connectivity index (χ0v) is 12.0. The summed E-state index contributed by atoms with van der Waals surface area (Å²) in [6.45, 7) is 4.23. The second-order valence-electron chi connectivity index (χ2n) is 5.50. The number of aromatic nitrogens is 1. The van der Waals surface area contributed by atoms with Gasteiger partial charge >= 0.3 is 4.87 Å². The van der Waals surface area contributed by atoms with Gasteiger partial charge in [0.05, 0.1) is 0 Å². The highest BCUT2D eigenvalue weighted by molar-refractivity contribution is 7.09. The number of rotatable bonds is 1. The van der Waals surface area contributed by atoms with Crippen LogP contribution in [0.1, 0.15) is 68.4 Å². The first-order valence-corrected chi connectivity index (χ1v) is 7.67. The molecule has 0 fully saturated rings. The normalized spacial score (nSPS) is 21.7. The summed E-state index contributed by atoms with van der Waals surface area (Å²) in [5, 5.41) is 0. The number of hydrogen-bond acceptors (Lipinski definition) is 2. The summed E-state index contributed by atoms with van der Waals surface area (Å²) >= 11 is 1.49. The number of thiazole rings is 1. The molecule has 1 aliphatic rings. The number of hydrogen-bond donors (Lipinski definition) is 0. The molecule has 94 valence electrons. The molecular formula is C13H22BNOS. The first kappa shape index (κ1) is 12.9. The minimum absolute atomic E-state index is 0.248. The van der Waals surface area contributed by atoms with Crippen LogP contribution in [-0.2, 0) is 6.42 Å².